The Balaban J connectivity index is 4.38. The number of ether oxygens (including phenoxy) is 2. The molecule has 0 aliphatic rings. The second-order valence-corrected chi connectivity index (χ2v) is 8.22. The molecule has 0 fully saturated rings. The quantitative estimate of drug-likeness (QED) is 0.388. The third-order valence-electron chi connectivity index (χ3n) is 1.23. The highest BCUT2D eigenvalue weighted by molar-refractivity contribution is 6.70. The number of hydrogen-bond acceptors (Lipinski definition) is 3. The monoisotopic (exact) mass is 216 g/mol. The Morgan fingerprint density at radius 2 is 1.93 bits per heavy atom. The Bertz CT molecular complexity index is 216. The highest BCUT2D eigenvalue weighted by Gasteiger charge is 2.19. The summed E-state index contributed by atoms with van der Waals surface area (Å²) in [5, 5.41) is 0. The molecule has 0 bridgehead atoms. The maximum absolute atomic E-state index is 5.68. The van der Waals surface area contributed by atoms with Crippen molar-refractivity contribution in [1.29, 1.82) is 0 Å². The Morgan fingerprint density at radius 1 is 1.36 bits per heavy atom. The summed E-state index contributed by atoms with van der Waals surface area (Å²) in [7, 11) is -0.0468. The highest BCUT2D eigenvalue weighted by atomic mass is 28.4. The van der Waals surface area contributed by atoms with Crippen LogP contribution >= 0.6 is 0 Å². The standard InChI is InChI=1S/C10H20O3Si/c1-7-12-10(8-11-3)9(2)13-14(4,5)6/h8H,2,7H2,1,3-6H3. The molecular weight excluding hydrogens is 196 g/mol. The van der Waals surface area contributed by atoms with E-state index in [4.69, 9.17) is 13.9 Å². The van der Waals surface area contributed by atoms with Crippen LogP contribution in [0.15, 0.2) is 24.4 Å². The molecule has 0 aromatic heterocycles. The van der Waals surface area contributed by atoms with Crippen LogP contribution in [0.2, 0.25) is 19.6 Å². The van der Waals surface area contributed by atoms with Gasteiger partial charge in [-0.2, -0.15) is 0 Å². The molecule has 0 saturated carbocycles. The van der Waals surface area contributed by atoms with E-state index in [0.29, 0.717) is 18.1 Å². The summed E-state index contributed by atoms with van der Waals surface area (Å²) >= 11 is 0. The molecule has 82 valence electrons. The fourth-order valence-corrected chi connectivity index (χ4v) is 1.70. The van der Waals surface area contributed by atoms with Crippen molar-refractivity contribution in [2.45, 2.75) is 26.6 Å². The summed E-state index contributed by atoms with van der Waals surface area (Å²) in [6.07, 6.45) is 1.51. The molecule has 0 radical (unpaired) electrons. The van der Waals surface area contributed by atoms with Crippen LogP contribution in [0.3, 0.4) is 0 Å². The van der Waals surface area contributed by atoms with Gasteiger partial charge >= 0.3 is 0 Å². The van der Waals surface area contributed by atoms with E-state index in [0.717, 1.165) is 0 Å². The van der Waals surface area contributed by atoms with Crippen LogP contribution in [0, 0.1) is 0 Å². The van der Waals surface area contributed by atoms with Crippen LogP contribution in [-0.2, 0) is 13.9 Å². The lowest BCUT2D eigenvalue weighted by Gasteiger charge is -2.22. The van der Waals surface area contributed by atoms with Crippen molar-refractivity contribution >= 4 is 8.32 Å². The van der Waals surface area contributed by atoms with Crippen molar-refractivity contribution in [2.24, 2.45) is 0 Å². The number of hydrogen-bond donors (Lipinski definition) is 0. The zero-order valence-corrected chi connectivity index (χ0v) is 10.7. The Hall–Kier alpha value is -0.903. The van der Waals surface area contributed by atoms with Crippen LogP contribution in [0.1, 0.15) is 6.92 Å². The minimum absolute atomic E-state index is 0.549. The van der Waals surface area contributed by atoms with Crippen molar-refractivity contribution in [1.82, 2.24) is 0 Å². The van der Waals surface area contributed by atoms with Crippen molar-refractivity contribution < 1.29 is 13.9 Å². The fourth-order valence-electron chi connectivity index (χ4n) is 0.863. The summed E-state index contributed by atoms with van der Waals surface area (Å²) in [5.41, 5.74) is 0. The lowest BCUT2D eigenvalue weighted by Crippen LogP contribution is -2.25. The summed E-state index contributed by atoms with van der Waals surface area (Å²) in [6, 6.07) is 0. The molecular formula is C10H20O3Si. The fraction of sp³-hybridized carbons (Fsp3) is 0.600. The molecule has 0 rings (SSSR count). The van der Waals surface area contributed by atoms with Gasteiger partial charge in [-0.05, 0) is 26.6 Å². The van der Waals surface area contributed by atoms with E-state index >= 15 is 0 Å². The lowest BCUT2D eigenvalue weighted by atomic mass is 10.5. The van der Waals surface area contributed by atoms with Crippen molar-refractivity contribution in [3.8, 4) is 0 Å². The first-order valence-electron chi connectivity index (χ1n) is 4.64. The Kier molecular flexibility index (Phi) is 5.38. The SMILES string of the molecule is C=C(O[Si](C)(C)C)C(=COC)OCC. The van der Waals surface area contributed by atoms with Gasteiger partial charge in [0.25, 0.3) is 0 Å². The predicted molar refractivity (Wildman–Crippen MR) is 60.3 cm³/mol. The first-order chi connectivity index (χ1) is 6.40. The van der Waals surface area contributed by atoms with Crippen molar-refractivity contribution in [3.63, 3.8) is 0 Å². The van der Waals surface area contributed by atoms with Gasteiger partial charge in [-0.1, -0.05) is 6.58 Å². The molecule has 0 spiro atoms. The molecule has 0 aromatic carbocycles. The van der Waals surface area contributed by atoms with Gasteiger partial charge in [-0.15, -0.1) is 0 Å². The van der Waals surface area contributed by atoms with E-state index in [1.54, 1.807) is 7.11 Å². The molecule has 0 heterocycles. The van der Waals surface area contributed by atoms with Gasteiger partial charge in [0.05, 0.1) is 13.7 Å². The Morgan fingerprint density at radius 3 is 2.29 bits per heavy atom. The van der Waals surface area contributed by atoms with E-state index in [-0.39, 0.29) is 0 Å². The average Bonchev–Trinajstić information content (AvgIpc) is 2.01. The van der Waals surface area contributed by atoms with Gasteiger partial charge in [-0.3, -0.25) is 0 Å². The van der Waals surface area contributed by atoms with Gasteiger partial charge in [0, 0.05) is 0 Å². The summed E-state index contributed by atoms with van der Waals surface area (Å²) < 4.78 is 15.9. The summed E-state index contributed by atoms with van der Waals surface area (Å²) in [6.45, 7) is 12.6. The first-order valence-corrected chi connectivity index (χ1v) is 8.05. The molecule has 0 atom stereocenters. The van der Waals surface area contributed by atoms with Crippen molar-refractivity contribution in [2.75, 3.05) is 13.7 Å². The van der Waals surface area contributed by atoms with Crippen LogP contribution < -0.4 is 0 Å². The van der Waals surface area contributed by atoms with E-state index in [9.17, 15) is 0 Å². The summed E-state index contributed by atoms with van der Waals surface area (Å²) in [4.78, 5) is 0. The van der Waals surface area contributed by atoms with E-state index < -0.39 is 8.32 Å². The van der Waals surface area contributed by atoms with Crippen molar-refractivity contribution in [3.05, 3.63) is 24.4 Å². The number of rotatable bonds is 6. The Labute approximate surface area is 87.5 Å². The largest absolute Gasteiger partial charge is 0.542 e. The maximum atomic E-state index is 5.68. The maximum Gasteiger partial charge on any atom is 0.242 e. The zero-order valence-electron chi connectivity index (χ0n) is 9.72. The predicted octanol–water partition coefficient (Wildman–Crippen LogP) is 2.88. The van der Waals surface area contributed by atoms with Crippen LogP contribution in [0.5, 0.6) is 0 Å². The van der Waals surface area contributed by atoms with Gasteiger partial charge in [-0.25, -0.2) is 0 Å². The third kappa shape index (κ3) is 5.69. The van der Waals surface area contributed by atoms with E-state index in [2.05, 4.69) is 26.2 Å². The van der Waals surface area contributed by atoms with E-state index in [1.165, 1.54) is 6.26 Å². The molecule has 14 heavy (non-hydrogen) atoms. The molecule has 0 aliphatic carbocycles. The van der Waals surface area contributed by atoms with Crippen LogP contribution in [0.4, 0.5) is 0 Å². The van der Waals surface area contributed by atoms with Crippen LogP contribution in [-0.4, -0.2) is 22.0 Å². The topological polar surface area (TPSA) is 27.7 Å². The molecule has 0 saturated heterocycles. The van der Waals surface area contributed by atoms with Gasteiger partial charge in [0.15, 0.2) is 5.76 Å². The minimum Gasteiger partial charge on any atom is -0.542 e. The molecule has 0 N–H and O–H groups in total. The molecule has 0 aromatic rings. The second kappa shape index (κ2) is 5.75. The lowest BCUT2D eigenvalue weighted by molar-refractivity contribution is 0.191. The first kappa shape index (κ1) is 13.1. The molecule has 0 aliphatic heterocycles. The van der Waals surface area contributed by atoms with Gasteiger partial charge in [0.2, 0.25) is 8.32 Å². The molecule has 4 heteroatoms. The smallest absolute Gasteiger partial charge is 0.242 e. The number of methoxy groups -OCH3 is 1. The van der Waals surface area contributed by atoms with Crippen LogP contribution in [0.25, 0.3) is 0 Å². The van der Waals surface area contributed by atoms with E-state index in [1.807, 2.05) is 6.92 Å². The third-order valence-corrected chi connectivity index (χ3v) is 2.09. The molecule has 0 unspecified atom stereocenters. The zero-order chi connectivity index (χ0) is 11.2. The molecule has 3 nitrogen and oxygen atoms in total. The van der Waals surface area contributed by atoms with Gasteiger partial charge in [0.1, 0.15) is 12.0 Å². The highest BCUT2D eigenvalue weighted by Crippen LogP contribution is 2.17. The average molecular weight is 216 g/mol. The molecule has 0 amide bonds. The normalized spacial score (nSPS) is 12.2. The second-order valence-electron chi connectivity index (χ2n) is 3.79. The summed E-state index contributed by atoms with van der Waals surface area (Å²) in [5.74, 6) is 1.12. The van der Waals surface area contributed by atoms with Gasteiger partial charge < -0.3 is 13.9 Å². The minimum atomic E-state index is -1.62.